The van der Waals surface area contributed by atoms with E-state index in [1.54, 1.807) is 0 Å². The molecule has 6 heteroatoms. The first-order chi connectivity index (χ1) is 5.29. The lowest BCUT2D eigenvalue weighted by atomic mass is 10.2. The van der Waals surface area contributed by atoms with Gasteiger partial charge in [0.15, 0.2) is 0 Å². The summed E-state index contributed by atoms with van der Waals surface area (Å²) >= 11 is 0. The third-order valence-corrected chi connectivity index (χ3v) is 1.28. The van der Waals surface area contributed by atoms with Crippen LogP contribution in [0.1, 0.15) is 10.5 Å². The van der Waals surface area contributed by atoms with Crippen molar-refractivity contribution in [2.45, 2.75) is 0 Å². The number of aromatic nitrogens is 2. The second-order valence-electron chi connectivity index (χ2n) is 1.94. The molecule has 2 rings (SSSR count). The topological polar surface area (TPSA) is 87.5 Å². The Morgan fingerprint density at radius 1 is 1.27 bits per heavy atom. The standard InChI is InChI=1S/C5H2N4O2/c10-3-2-4(7-1-6-2)8-9-5(3)11/h1H,(H,6,7). The van der Waals surface area contributed by atoms with Gasteiger partial charge >= 0.3 is 5.91 Å². The number of aromatic amines is 1. The molecule has 1 aromatic heterocycles. The Morgan fingerprint density at radius 3 is 2.91 bits per heavy atom. The molecule has 0 spiro atoms. The van der Waals surface area contributed by atoms with E-state index in [1.807, 2.05) is 0 Å². The molecule has 0 unspecified atom stereocenters. The summed E-state index contributed by atoms with van der Waals surface area (Å²) in [5.41, 5.74) is 0.116. The Hall–Kier alpha value is -1.85. The van der Waals surface area contributed by atoms with Crippen LogP contribution < -0.4 is 0 Å². The highest BCUT2D eigenvalue weighted by atomic mass is 16.2. The van der Waals surface area contributed by atoms with Gasteiger partial charge in [0, 0.05) is 0 Å². The van der Waals surface area contributed by atoms with Gasteiger partial charge in [-0.3, -0.25) is 9.59 Å². The first-order valence-corrected chi connectivity index (χ1v) is 2.83. The van der Waals surface area contributed by atoms with Crippen LogP contribution in [0.25, 0.3) is 0 Å². The van der Waals surface area contributed by atoms with Crippen molar-refractivity contribution in [1.82, 2.24) is 9.97 Å². The largest absolute Gasteiger partial charge is 0.340 e. The van der Waals surface area contributed by atoms with Crippen LogP contribution in [0.3, 0.4) is 0 Å². The van der Waals surface area contributed by atoms with Crippen LogP contribution >= 0.6 is 0 Å². The number of nitrogens with zero attached hydrogens (tertiary/aromatic N) is 3. The molecule has 1 aromatic rings. The van der Waals surface area contributed by atoms with Crippen molar-refractivity contribution in [3.05, 3.63) is 12.0 Å². The molecule has 11 heavy (non-hydrogen) atoms. The van der Waals surface area contributed by atoms with E-state index in [0.29, 0.717) is 0 Å². The Morgan fingerprint density at radius 2 is 2.09 bits per heavy atom. The zero-order valence-electron chi connectivity index (χ0n) is 5.24. The Kier molecular flexibility index (Phi) is 0.974. The number of imidazole rings is 1. The molecule has 0 saturated carbocycles. The number of fused-ring (bicyclic) bond motifs is 1. The highest BCUT2D eigenvalue weighted by molar-refractivity contribution is 6.44. The van der Waals surface area contributed by atoms with Gasteiger partial charge in [0.2, 0.25) is 5.82 Å². The Balaban J connectivity index is 2.66. The number of amides is 1. The van der Waals surface area contributed by atoms with E-state index in [1.165, 1.54) is 6.33 Å². The number of rotatable bonds is 0. The number of carbonyl (C=O) groups excluding carboxylic acids is 2. The number of hydrogen-bond acceptors (Lipinski definition) is 4. The third kappa shape index (κ3) is 0.689. The molecule has 2 heterocycles. The van der Waals surface area contributed by atoms with Gasteiger partial charge in [0.05, 0.1) is 6.33 Å². The van der Waals surface area contributed by atoms with Crippen molar-refractivity contribution >= 4 is 17.5 Å². The highest BCUT2D eigenvalue weighted by Gasteiger charge is 2.25. The summed E-state index contributed by atoms with van der Waals surface area (Å²) in [5, 5.41) is 6.48. The lowest BCUT2D eigenvalue weighted by Gasteiger charge is -1.96. The molecule has 0 fully saturated rings. The van der Waals surface area contributed by atoms with Crippen LogP contribution in [0, 0.1) is 0 Å². The lowest BCUT2D eigenvalue weighted by molar-refractivity contribution is -0.114. The van der Waals surface area contributed by atoms with Crippen LogP contribution in [-0.2, 0) is 4.79 Å². The summed E-state index contributed by atoms with van der Waals surface area (Å²) in [6.07, 6.45) is 1.29. The quantitative estimate of drug-likeness (QED) is 0.536. The van der Waals surface area contributed by atoms with Crippen LogP contribution in [0.2, 0.25) is 0 Å². The molecule has 0 aliphatic carbocycles. The van der Waals surface area contributed by atoms with E-state index in [4.69, 9.17) is 0 Å². The highest BCUT2D eigenvalue weighted by Crippen LogP contribution is 2.18. The molecule has 0 bridgehead atoms. The minimum Gasteiger partial charge on any atom is -0.340 e. The number of Topliss-reactive ketones (excluding diaryl/α,β-unsaturated/α-hetero) is 1. The summed E-state index contributed by atoms with van der Waals surface area (Å²) in [6.45, 7) is 0. The summed E-state index contributed by atoms with van der Waals surface area (Å²) in [7, 11) is 0. The second-order valence-corrected chi connectivity index (χ2v) is 1.94. The maximum Gasteiger partial charge on any atom is 0.338 e. The first-order valence-electron chi connectivity index (χ1n) is 2.83. The monoisotopic (exact) mass is 150 g/mol. The van der Waals surface area contributed by atoms with Crippen molar-refractivity contribution in [3.8, 4) is 0 Å². The number of carbonyl (C=O) groups is 2. The maximum absolute atomic E-state index is 10.9. The molecule has 54 valence electrons. The molecule has 0 aromatic carbocycles. The van der Waals surface area contributed by atoms with E-state index >= 15 is 0 Å². The molecule has 0 radical (unpaired) electrons. The summed E-state index contributed by atoms with van der Waals surface area (Å²) in [5.74, 6) is -1.37. The zero-order valence-corrected chi connectivity index (χ0v) is 5.24. The number of hydrogen-bond donors (Lipinski definition) is 1. The van der Waals surface area contributed by atoms with Crippen molar-refractivity contribution in [3.63, 3.8) is 0 Å². The first kappa shape index (κ1) is 5.90. The van der Waals surface area contributed by atoms with E-state index in [0.717, 1.165) is 0 Å². The predicted octanol–water partition coefficient (Wildman–Crippen LogP) is 0.216. The van der Waals surface area contributed by atoms with Gasteiger partial charge in [-0.05, 0) is 0 Å². The number of H-pyrrole nitrogens is 1. The minimum atomic E-state index is -0.859. The SMILES string of the molecule is O=C1N=Nc2nc[nH]c2C1=O. The van der Waals surface area contributed by atoms with Crippen molar-refractivity contribution in [1.29, 1.82) is 0 Å². The van der Waals surface area contributed by atoms with Gasteiger partial charge in [-0.2, -0.15) is 0 Å². The molecule has 1 aliphatic rings. The van der Waals surface area contributed by atoms with Gasteiger partial charge in [-0.15, -0.1) is 10.2 Å². The number of nitrogens with one attached hydrogen (secondary N) is 1. The third-order valence-electron chi connectivity index (χ3n) is 1.28. The molecular formula is C5H2N4O2. The van der Waals surface area contributed by atoms with E-state index in [-0.39, 0.29) is 11.5 Å². The second kappa shape index (κ2) is 1.82. The van der Waals surface area contributed by atoms with E-state index in [9.17, 15) is 9.59 Å². The zero-order chi connectivity index (χ0) is 7.84. The molecule has 1 aliphatic heterocycles. The van der Waals surface area contributed by atoms with Crippen molar-refractivity contribution in [2.24, 2.45) is 10.2 Å². The van der Waals surface area contributed by atoms with Crippen molar-refractivity contribution in [2.75, 3.05) is 0 Å². The van der Waals surface area contributed by atoms with Crippen molar-refractivity contribution < 1.29 is 9.59 Å². The van der Waals surface area contributed by atoms with Gasteiger partial charge in [-0.1, -0.05) is 0 Å². The average molecular weight is 150 g/mol. The smallest absolute Gasteiger partial charge is 0.338 e. The molecule has 1 amide bonds. The molecule has 0 atom stereocenters. The number of azo groups is 1. The molecular weight excluding hydrogens is 148 g/mol. The Labute approximate surface area is 60.4 Å². The minimum absolute atomic E-state index is 0.116. The molecule has 1 N–H and O–H groups in total. The van der Waals surface area contributed by atoms with E-state index in [2.05, 4.69) is 20.2 Å². The average Bonchev–Trinajstić information content (AvgIpc) is 2.45. The van der Waals surface area contributed by atoms with Crippen LogP contribution in [-0.4, -0.2) is 21.7 Å². The van der Waals surface area contributed by atoms with Crippen LogP contribution in [0.15, 0.2) is 16.6 Å². The molecule has 0 saturated heterocycles. The van der Waals surface area contributed by atoms with Gasteiger partial charge in [0.25, 0.3) is 5.78 Å². The summed E-state index contributed by atoms with van der Waals surface area (Å²) in [6, 6.07) is 0. The fourth-order valence-corrected chi connectivity index (χ4v) is 0.775. The van der Waals surface area contributed by atoms with E-state index < -0.39 is 11.7 Å². The maximum atomic E-state index is 10.9. The normalized spacial score (nSPS) is 15.3. The fraction of sp³-hybridized carbons (Fsp3) is 0. The lowest BCUT2D eigenvalue weighted by Crippen LogP contribution is -2.14. The van der Waals surface area contributed by atoms with Gasteiger partial charge in [0.1, 0.15) is 5.69 Å². The summed E-state index contributed by atoms with van der Waals surface area (Å²) < 4.78 is 0. The Bertz CT molecular complexity index is 364. The number of ketones is 1. The van der Waals surface area contributed by atoms with Gasteiger partial charge in [-0.25, -0.2) is 4.98 Å². The van der Waals surface area contributed by atoms with Gasteiger partial charge < -0.3 is 4.98 Å². The summed E-state index contributed by atoms with van der Waals surface area (Å²) in [4.78, 5) is 27.7. The van der Waals surface area contributed by atoms with Crippen LogP contribution in [0.4, 0.5) is 5.82 Å². The van der Waals surface area contributed by atoms with Crippen LogP contribution in [0.5, 0.6) is 0 Å². The fourth-order valence-electron chi connectivity index (χ4n) is 0.775. The predicted molar refractivity (Wildman–Crippen MR) is 32.4 cm³/mol. The molecule has 6 nitrogen and oxygen atoms in total.